The number of hydrogen-bond donors (Lipinski definition) is 1. The summed E-state index contributed by atoms with van der Waals surface area (Å²) < 4.78 is 39.6. The first kappa shape index (κ1) is 26.3. The summed E-state index contributed by atoms with van der Waals surface area (Å²) in [6.45, 7) is 1.33. The van der Waals surface area contributed by atoms with Gasteiger partial charge in [0.15, 0.2) is 0 Å². The summed E-state index contributed by atoms with van der Waals surface area (Å²) in [5.74, 6) is -1.56. The van der Waals surface area contributed by atoms with Gasteiger partial charge < -0.3 is 19.7 Å². The SMILES string of the molecule is COC(=O)c1c(F)cccc1-c1ccc(CNC(=O)C2CC2COc2ccc(CN(C)C)cc2)c(F)c1. The Kier molecular flexibility index (Phi) is 8.18. The summed E-state index contributed by atoms with van der Waals surface area (Å²) in [5.41, 5.74) is 1.80. The number of halogens is 2. The molecule has 4 rings (SSSR count). The number of hydrogen-bond acceptors (Lipinski definition) is 5. The third-order valence-electron chi connectivity index (χ3n) is 6.37. The Balaban J connectivity index is 1.30. The summed E-state index contributed by atoms with van der Waals surface area (Å²) in [4.78, 5) is 26.7. The summed E-state index contributed by atoms with van der Waals surface area (Å²) in [7, 11) is 5.19. The van der Waals surface area contributed by atoms with Gasteiger partial charge in [-0.2, -0.15) is 0 Å². The van der Waals surface area contributed by atoms with E-state index in [1.807, 2.05) is 38.4 Å². The van der Waals surface area contributed by atoms with Gasteiger partial charge >= 0.3 is 5.97 Å². The van der Waals surface area contributed by atoms with Crippen LogP contribution in [0.3, 0.4) is 0 Å². The smallest absolute Gasteiger partial charge is 0.341 e. The molecule has 0 aromatic heterocycles. The minimum absolute atomic E-state index is 0.0232. The van der Waals surface area contributed by atoms with E-state index in [-0.39, 0.29) is 35.4 Å². The molecular formula is C29H30F2N2O4. The van der Waals surface area contributed by atoms with Crippen LogP contribution in [-0.4, -0.2) is 44.6 Å². The van der Waals surface area contributed by atoms with Gasteiger partial charge in [0, 0.05) is 30.5 Å². The van der Waals surface area contributed by atoms with E-state index in [9.17, 15) is 18.4 Å². The van der Waals surface area contributed by atoms with Crippen LogP contribution in [0, 0.1) is 23.5 Å². The Morgan fingerprint density at radius 3 is 2.46 bits per heavy atom. The van der Waals surface area contributed by atoms with E-state index in [2.05, 4.69) is 15.0 Å². The van der Waals surface area contributed by atoms with Crippen LogP contribution in [0.25, 0.3) is 11.1 Å². The van der Waals surface area contributed by atoms with Gasteiger partial charge in [-0.25, -0.2) is 13.6 Å². The fourth-order valence-corrected chi connectivity index (χ4v) is 4.26. The normalized spacial score (nSPS) is 16.4. The Hall–Kier alpha value is -3.78. The molecule has 194 valence electrons. The zero-order chi connectivity index (χ0) is 26.5. The van der Waals surface area contributed by atoms with Gasteiger partial charge in [-0.1, -0.05) is 36.4 Å². The van der Waals surface area contributed by atoms with E-state index in [1.165, 1.54) is 29.8 Å². The first-order valence-corrected chi connectivity index (χ1v) is 12.1. The topological polar surface area (TPSA) is 67.9 Å². The molecule has 0 spiro atoms. The van der Waals surface area contributed by atoms with Crippen LogP contribution in [0.1, 0.15) is 27.9 Å². The number of nitrogens with zero attached hydrogens (tertiary/aromatic N) is 1. The van der Waals surface area contributed by atoms with Gasteiger partial charge in [-0.3, -0.25) is 4.79 Å². The number of carbonyl (C=O) groups is 2. The molecular weight excluding hydrogens is 478 g/mol. The Morgan fingerprint density at radius 1 is 1.03 bits per heavy atom. The number of ether oxygens (including phenoxy) is 2. The van der Waals surface area contributed by atoms with Crippen LogP contribution < -0.4 is 10.1 Å². The van der Waals surface area contributed by atoms with Gasteiger partial charge in [0.25, 0.3) is 0 Å². The highest BCUT2D eigenvalue weighted by Gasteiger charge is 2.43. The van der Waals surface area contributed by atoms with Crippen LogP contribution in [-0.2, 0) is 22.6 Å². The quantitative estimate of drug-likeness (QED) is 0.398. The van der Waals surface area contributed by atoms with Crippen LogP contribution in [0.2, 0.25) is 0 Å². The Morgan fingerprint density at radius 2 is 1.78 bits per heavy atom. The second-order valence-electron chi connectivity index (χ2n) is 9.47. The fourth-order valence-electron chi connectivity index (χ4n) is 4.26. The predicted octanol–water partition coefficient (Wildman–Crippen LogP) is 4.81. The van der Waals surface area contributed by atoms with Crippen molar-refractivity contribution >= 4 is 11.9 Å². The molecule has 0 aliphatic heterocycles. The lowest BCUT2D eigenvalue weighted by Crippen LogP contribution is -2.26. The molecule has 2 atom stereocenters. The van der Waals surface area contributed by atoms with Crippen LogP contribution in [0.4, 0.5) is 8.78 Å². The van der Waals surface area contributed by atoms with Crippen molar-refractivity contribution in [3.8, 4) is 16.9 Å². The lowest BCUT2D eigenvalue weighted by molar-refractivity contribution is -0.122. The molecule has 6 nitrogen and oxygen atoms in total. The number of esters is 1. The molecule has 3 aromatic carbocycles. The van der Waals surface area contributed by atoms with E-state index >= 15 is 0 Å². The van der Waals surface area contributed by atoms with E-state index in [4.69, 9.17) is 4.74 Å². The fraction of sp³-hybridized carbons (Fsp3) is 0.310. The Bertz CT molecular complexity index is 1280. The Labute approximate surface area is 215 Å². The van der Waals surface area contributed by atoms with Crippen LogP contribution in [0.5, 0.6) is 5.75 Å². The molecule has 1 aliphatic rings. The van der Waals surface area contributed by atoms with Crippen LogP contribution in [0.15, 0.2) is 60.7 Å². The molecule has 0 heterocycles. The number of methoxy groups -OCH3 is 1. The highest BCUT2D eigenvalue weighted by Crippen LogP contribution is 2.39. The number of carbonyl (C=O) groups excluding carboxylic acids is 2. The summed E-state index contributed by atoms with van der Waals surface area (Å²) >= 11 is 0. The maximum atomic E-state index is 14.8. The number of nitrogens with one attached hydrogen (secondary N) is 1. The van der Waals surface area contributed by atoms with Crippen molar-refractivity contribution in [3.63, 3.8) is 0 Å². The number of benzene rings is 3. The first-order valence-electron chi connectivity index (χ1n) is 12.1. The largest absolute Gasteiger partial charge is 0.493 e. The maximum absolute atomic E-state index is 14.8. The molecule has 8 heteroatoms. The van der Waals surface area contributed by atoms with Crippen molar-refractivity contribution in [1.82, 2.24) is 10.2 Å². The predicted molar refractivity (Wildman–Crippen MR) is 136 cm³/mol. The molecule has 1 amide bonds. The molecule has 37 heavy (non-hydrogen) atoms. The second-order valence-corrected chi connectivity index (χ2v) is 9.47. The molecule has 2 unspecified atom stereocenters. The first-order chi connectivity index (χ1) is 17.8. The minimum Gasteiger partial charge on any atom is -0.493 e. The van der Waals surface area contributed by atoms with Crippen molar-refractivity contribution in [2.45, 2.75) is 19.5 Å². The molecule has 1 fully saturated rings. The van der Waals surface area contributed by atoms with Gasteiger partial charge in [-0.15, -0.1) is 0 Å². The van der Waals surface area contributed by atoms with Crippen molar-refractivity contribution in [2.24, 2.45) is 11.8 Å². The zero-order valence-corrected chi connectivity index (χ0v) is 21.1. The maximum Gasteiger partial charge on any atom is 0.341 e. The van der Waals surface area contributed by atoms with E-state index in [0.29, 0.717) is 17.7 Å². The molecule has 1 saturated carbocycles. The molecule has 0 radical (unpaired) electrons. The standard InChI is InChI=1S/C29H30F2N2O4/c1-33(2)16-18-7-11-22(12-8-18)37-17-21-13-24(21)28(34)32-15-20-10-9-19(14-26(20)31)23-5-4-6-25(30)27(23)29(35)36-3/h4-12,14,21,24H,13,15-17H2,1-3H3,(H,32,34). The summed E-state index contributed by atoms with van der Waals surface area (Å²) in [6, 6.07) is 16.4. The van der Waals surface area contributed by atoms with Crippen molar-refractivity contribution in [2.75, 3.05) is 27.8 Å². The molecule has 1 aliphatic carbocycles. The van der Waals surface area contributed by atoms with Gasteiger partial charge in [0.1, 0.15) is 22.9 Å². The van der Waals surface area contributed by atoms with Crippen LogP contribution >= 0.6 is 0 Å². The van der Waals surface area contributed by atoms with Gasteiger partial charge in [-0.05, 0) is 61.5 Å². The van der Waals surface area contributed by atoms with E-state index in [0.717, 1.165) is 31.9 Å². The molecule has 0 bridgehead atoms. The third kappa shape index (κ3) is 6.51. The monoisotopic (exact) mass is 508 g/mol. The summed E-state index contributed by atoms with van der Waals surface area (Å²) in [6.07, 6.45) is 0.724. The van der Waals surface area contributed by atoms with Crippen molar-refractivity contribution in [1.29, 1.82) is 0 Å². The highest BCUT2D eigenvalue weighted by atomic mass is 19.1. The second kappa shape index (κ2) is 11.5. The number of rotatable bonds is 10. The molecule has 0 saturated heterocycles. The number of amides is 1. The van der Waals surface area contributed by atoms with Crippen molar-refractivity contribution < 1.29 is 27.8 Å². The molecule has 1 N–H and O–H groups in total. The van der Waals surface area contributed by atoms with E-state index < -0.39 is 17.6 Å². The van der Waals surface area contributed by atoms with Gasteiger partial charge in [0.05, 0.1) is 13.7 Å². The third-order valence-corrected chi connectivity index (χ3v) is 6.37. The summed E-state index contributed by atoms with van der Waals surface area (Å²) in [5, 5.41) is 2.79. The zero-order valence-electron chi connectivity index (χ0n) is 21.1. The van der Waals surface area contributed by atoms with Crippen molar-refractivity contribution in [3.05, 3.63) is 89.0 Å². The van der Waals surface area contributed by atoms with E-state index in [1.54, 1.807) is 6.07 Å². The average Bonchev–Trinajstić information content (AvgIpc) is 3.66. The highest BCUT2D eigenvalue weighted by molar-refractivity contribution is 5.97. The lowest BCUT2D eigenvalue weighted by Gasteiger charge is -2.12. The van der Waals surface area contributed by atoms with Gasteiger partial charge in [0.2, 0.25) is 5.91 Å². The molecule has 3 aromatic rings. The lowest BCUT2D eigenvalue weighted by atomic mass is 9.98. The minimum atomic E-state index is -0.839. The average molecular weight is 509 g/mol.